The smallest absolute Gasteiger partial charge is 0.357 e. The molecule has 1 aromatic carbocycles. The summed E-state index contributed by atoms with van der Waals surface area (Å²) in [4.78, 5) is 38.0. The second kappa shape index (κ2) is 8.61. The van der Waals surface area contributed by atoms with Crippen LogP contribution in [0.4, 0.5) is 17.6 Å². The van der Waals surface area contributed by atoms with Crippen molar-refractivity contribution in [3.63, 3.8) is 0 Å². The van der Waals surface area contributed by atoms with Crippen molar-refractivity contribution >= 4 is 22.6 Å². The molecular weight excluding hydrogens is 508 g/mol. The fourth-order valence-electron chi connectivity index (χ4n) is 4.62. The maximum absolute atomic E-state index is 14.8. The number of benzene rings is 1. The normalized spacial score (nSPS) is 13.6. The van der Waals surface area contributed by atoms with Crippen LogP contribution in [0.2, 0.25) is 0 Å². The first-order chi connectivity index (χ1) is 18.2. The Balaban J connectivity index is 1.34. The van der Waals surface area contributed by atoms with Crippen molar-refractivity contribution in [3.8, 4) is 17.1 Å². The molecule has 14 heteroatoms. The summed E-state index contributed by atoms with van der Waals surface area (Å²) in [5, 5.41) is 7.33. The molecule has 0 unspecified atom stereocenters. The minimum atomic E-state index is -4.72. The Morgan fingerprint density at radius 1 is 1.08 bits per heavy atom. The van der Waals surface area contributed by atoms with Gasteiger partial charge in [-0.3, -0.25) is 9.59 Å². The van der Waals surface area contributed by atoms with Crippen LogP contribution in [0.15, 0.2) is 55.1 Å². The number of ketones is 1. The third-order valence-corrected chi connectivity index (χ3v) is 6.30. The molecule has 0 saturated heterocycles. The van der Waals surface area contributed by atoms with Crippen molar-refractivity contribution in [2.75, 3.05) is 6.54 Å². The van der Waals surface area contributed by atoms with Crippen LogP contribution < -0.4 is 0 Å². The molecule has 0 saturated carbocycles. The van der Waals surface area contributed by atoms with Crippen LogP contribution in [0.1, 0.15) is 21.9 Å². The summed E-state index contributed by atoms with van der Waals surface area (Å²) in [6.07, 6.45) is 0.231. The van der Waals surface area contributed by atoms with Crippen LogP contribution in [0.3, 0.4) is 0 Å². The molecule has 6 rings (SSSR count). The van der Waals surface area contributed by atoms with Gasteiger partial charge in [0, 0.05) is 24.8 Å². The van der Waals surface area contributed by atoms with Gasteiger partial charge in [0.05, 0.1) is 47.3 Å². The summed E-state index contributed by atoms with van der Waals surface area (Å²) >= 11 is 0. The predicted molar refractivity (Wildman–Crippen MR) is 123 cm³/mol. The number of H-pyrrole nitrogens is 1. The summed E-state index contributed by atoms with van der Waals surface area (Å²) in [5.41, 5.74) is -0.936. The number of aromatic amines is 1. The lowest BCUT2D eigenvalue weighted by atomic mass is 10.1. The number of halogens is 4. The number of nitrogens with one attached hydrogen (secondary N) is 1. The second-order valence-corrected chi connectivity index (χ2v) is 8.53. The molecule has 0 spiro atoms. The molecule has 0 radical (unpaired) electrons. The van der Waals surface area contributed by atoms with E-state index in [9.17, 15) is 27.2 Å². The minimum absolute atomic E-state index is 0.00801. The van der Waals surface area contributed by atoms with Crippen molar-refractivity contribution in [3.05, 3.63) is 78.0 Å². The average Bonchev–Trinajstić information content (AvgIpc) is 3.67. The fraction of sp³-hybridized carbons (Fsp3) is 0.167. The third-order valence-electron chi connectivity index (χ3n) is 6.30. The van der Waals surface area contributed by atoms with Gasteiger partial charge >= 0.3 is 6.18 Å². The zero-order valence-electron chi connectivity index (χ0n) is 19.3. The summed E-state index contributed by atoms with van der Waals surface area (Å²) < 4.78 is 59.0. The van der Waals surface area contributed by atoms with E-state index in [4.69, 9.17) is 0 Å². The lowest BCUT2D eigenvalue weighted by Crippen LogP contribution is -2.42. The standard InChI is InChI=1S/C24H16F4N8O2/c25-15-11-30-22(36-7-6-31-33-36)18-17(15)14(10-29-18)20(37)23(38)34-8-9-35-16(12-34)32-21(24(26,27)28)19(35)13-4-2-1-3-5-13/h1-7,10-11,29H,8-9,12H2. The Kier molecular flexibility index (Phi) is 5.33. The molecule has 1 aliphatic heterocycles. The number of Topliss-reactive ketones (excluding diaryl/α,β-unsaturated/α-hetero) is 1. The summed E-state index contributed by atoms with van der Waals surface area (Å²) in [5.74, 6) is -2.69. The van der Waals surface area contributed by atoms with Gasteiger partial charge in [0.2, 0.25) is 0 Å². The van der Waals surface area contributed by atoms with Gasteiger partial charge < -0.3 is 14.5 Å². The molecule has 38 heavy (non-hydrogen) atoms. The van der Waals surface area contributed by atoms with Crippen molar-refractivity contribution in [2.45, 2.75) is 19.3 Å². The number of carbonyl (C=O) groups is 2. The van der Waals surface area contributed by atoms with Crippen LogP contribution >= 0.6 is 0 Å². The van der Waals surface area contributed by atoms with Crippen molar-refractivity contribution in [2.24, 2.45) is 0 Å². The van der Waals surface area contributed by atoms with Gasteiger partial charge in [-0.1, -0.05) is 35.5 Å². The molecule has 5 heterocycles. The topological polar surface area (TPSA) is 115 Å². The molecule has 0 bridgehead atoms. The number of hydrogen-bond acceptors (Lipinski definition) is 6. The number of rotatable bonds is 4. The van der Waals surface area contributed by atoms with Gasteiger partial charge in [-0.05, 0) is 0 Å². The van der Waals surface area contributed by atoms with E-state index >= 15 is 0 Å². The van der Waals surface area contributed by atoms with Crippen molar-refractivity contribution in [1.29, 1.82) is 0 Å². The number of hydrogen-bond donors (Lipinski definition) is 1. The van der Waals surface area contributed by atoms with Crippen LogP contribution in [0.25, 0.3) is 28.0 Å². The molecule has 1 amide bonds. The number of alkyl halides is 3. The molecule has 1 N–H and O–H groups in total. The molecule has 0 aliphatic carbocycles. The molecule has 1 aliphatic rings. The molecular formula is C24H16F4N8O2. The number of pyridine rings is 1. The molecule has 192 valence electrons. The lowest BCUT2D eigenvalue weighted by molar-refractivity contribution is -0.140. The Bertz CT molecular complexity index is 1690. The number of amides is 1. The minimum Gasteiger partial charge on any atom is -0.357 e. The Morgan fingerprint density at radius 3 is 2.58 bits per heavy atom. The van der Waals surface area contributed by atoms with Gasteiger partial charge in [0.15, 0.2) is 17.3 Å². The van der Waals surface area contributed by atoms with E-state index in [2.05, 4.69) is 25.3 Å². The van der Waals surface area contributed by atoms with Crippen LogP contribution in [0, 0.1) is 5.82 Å². The summed E-state index contributed by atoms with van der Waals surface area (Å²) in [6.45, 7) is -0.372. The highest BCUT2D eigenvalue weighted by molar-refractivity contribution is 6.45. The monoisotopic (exact) mass is 524 g/mol. The second-order valence-electron chi connectivity index (χ2n) is 8.53. The Hall–Kier alpha value is -4.88. The van der Waals surface area contributed by atoms with Crippen LogP contribution in [-0.2, 0) is 24.1 Å². The number of fused-ring (bicyclic) bond motifs is 2. The van der Waals surface area contributed by atoms with E-state index in [1.165, 1.54) is 27.8 Å². The molecule has 0 atom stereocenters. The molecule has 5 aromatic rings. The van der Waals surface area contributed by atoms with Gasteiger partial charge in [-0.2, -0.15) is 13.2 Å². The number of aromatic nitrogens is 7. The largest absolute Gasteiger partial charge is 0.435 e. The van der Waals surface area contributed by atoms with Crippen LogP contribution in [0.5, 0.6) is 0 Å². The zero-order valence-corrected chi connectivity index (χ0v) is 19.3. The number of nitrogens with zero attached hydrogens (tertiary/aromatic N) is 7. The van der Waals surface area contributed by atoms with E-state index in [0.717, 1.165) is 11.1 Å². The van der Waals surface area contributed by atoms with E-state index in [-0.39, 0.29) is 53.4 Å². The first kappa shape index (κ1) is 23.5. The van der Waals surface area contributed by atoms with Crippen molar-refractivity contribution < 1.29 is 27.2 Å². The fourth-order valence-corrected chi connectivity index (χ4v) is 4.62. The third kappa shape index (κ3) is 3.72. The lowest BCUT2D eigenvalue weighted by Gasteiger charge is -2.28. The van der Waals surface area contributed by atoms with Gasteiger partial charge in [-0.25, -0.2) is 19.0 Å². The van der Waals surface area contributed by atoms with E-state index in [0.29, 0.717) is 5.56 Å². The first-order valence-electron chi connectivity index (χ1n) is 11.3. The highest BCUT2D eigenvalue weighted by atomic mass is 19.4. The van der Waals surface area contributed by atoms with Crippen LogP contribution in [-0.4, -0.2) is 57.6 Å². The van der Waals surface area contributed by atoms with Crippen molar-refractivity contribution in [1.82, 2.24) is 39.4 Å². The number of imidazole rings is 1. The molecule has 10 nitrogen and oxygen atoms in total. The molecule has 4 aromatic heterocycles. The maximum atomic E-state index is 14.8. The SMILES string of the molecule is O=C(C(=O)N1CCn2c(nc(C(F)(F)F)c2-c2ccccc2)C1)c1c[nH]c2c(-n3ccnn3)ncc(F)c12. The summed E-state index contributed by atoms with van der Waals surface area (Å²) in [7, 11) is 0. The predicted octanol–water partition coefficient (Wildman–Crippen LogP) is 3.39. The maximum Gasteiger partial charge on any atom is 0.435 e. The van der Waals surface area contributed by atoms with Gasteiger partial charge in [-0.15, -0.1) is 5.10 Å². The average molecular weight is 524 g/mol. The Labute approximate surface area is 210 Å². The van der Waals surface area contributed by atoms with E-state index in [1.54, 1.807) is 30.3 Å². The number of carbonyl (C=O) groups excluding carboxylic acids is 2. The van der Waals surface area contributed by atoms with Gasteiger partial charge in [0.1, 0.15) is 5.82 Å². The zero-order chi connectivity index (χ0) is 26.6. The first-order valence-corrected chi connectivity index (χ1v) is 11.3. The highest BCUT2D eigenvalue weighted by Crippen LogP contribution is 2.38. The van der Waals surface area contributed by atoms with E-state index in [1.807, 2.05) is 0 Å². The van der Waals surface area contributed by atoms with E-state index < -0.39 is 29.4 Å². The quantitative estimate of drug-likeness (QED) is 0.219. The molecule has 0 fully saturated rings. The van der Waals surface area contributed by atoms with Gasteiger partial charge in [0.25, 0.3) is 11.7 Å². The summed E-state index contributed by atoms with van der Waals surface area (Å²) in [6, 6.07) is 8.03. The Morgan fingerprint density at radius 2 is 1.87 bits per heavy atom. The highest BCUT2D eigenvalue weighted by Gasteiger charge is 2.41.